The lowest BCUT2D eigenvalue weighted by Gasteiger charge is -2.29. The Bertz CT molecular complexity index is 1050. The van der Waals surface area contributed by atoms with Gasteiger partial charge in [0.2, 0.25) is 11.8 Å². The summed E-state index contributed by atoms with van der Waals surface area (Å²) in [6.45, 7) is 0.320. The summed E-state index contributed by atoms with van der Waals surface area (Å²) in [6.07, 6.45) is 4.48. The summed E-state index contributed by atoms with van der Waals surface area (Å²) in [5.74, 6) is -0.347. The summed E-state index contributed by atoms with van der Waals surface area (Å²) >= 11 is 0. The predicted molar refractivity (Wildman–Crippen MR) is 115 cm³/mol. The number of carbonyl (C=O) groups is 2. The highest BCUT2D eigenvalue weighted by Gasteiger charge is 2.37. The summed E-state index contributed by atoms with van der Waals surface area (Å²) in [6, 6.07) is 16.1. The minimum absolute atomic E-state index is 0.0404. The molecule has 1 aliphatic rings. The van der Waals surface area contributed by atoms with Gasteiger partial charge in [0.15, 0.2) is 0 Å². The standard InChI is InChI=1S/C24H25FN4O2/c25-20-8-6-18(7-9-20)23-19(16-27-29-23)15-26-21(30)10-12-24(13-11-22(31)28-24)14-17-4-2-1-3-5-17/h1-9,16H,10-15H2,(H,26,30)(H,27,29)(H,28,31)/t24-/m0/s1. The monoisotopic (exact) mass is 420 g/mol. The van der Waals surface area contributed by atoms with E-state index in [0.717, 1.165) is 28.8 Å². The van der Waals surface area contributed by atoms with E-state index in [9.17, 15) is 14.0 Å². The predicted octanol–water partition coefficient (Wildman–Crippen LogP) is 3.50. The molecule has 1 aromatic heterocycles. The zero-order valence-corrected chi connectivity index (χ0v) is 17.2. The van der Waals surface area contributed by atoms with Gasteiger partial charge in [0, 0.05) is 36.1 Å². The second-order valence-electron chi connectivity index (χ2n) is 8.04. The van der Waals surface area contributed by atoms with Gasteiger partial charge in [-0.15, -0.1) is 0 Å². The molecule has 2 amide bonds. The van der Waals surface area contributed by atoms with Crippen molar-refractivity contribution in [2.75, 3.05) is 0 Å². The Kier molecular flexibility index (Phi) is 6.11. The number of H-pyrrole nitrogens is 1. The fourth-order valence-electron chi connectivity index (χ4n) is 4.12. The van der Waals surface area contributed by atoms with Crippen LogP contribution in [0.3, 0.4) is 0 Å². The van der Waals surface area contributed by atoms with Crippen LogP contribution in [-0.2, 0) is 22.6 Å². The summed E-state index contributed by atoms with van der Waals surface area (Å²) in [5, 5.41) is 13.0. The number of aromatic nitrogens is 2. The van der Waals surface area contributed by atoms with E-state index >= 15 is 0 Å². The molecule has 0 saturated carbocycles. The van der Waals surface area contributed by atoms with Crippen LogP contribution in [0.25, 0.3) is 11.3 Å². The number of amides is 2. The van der Waals surface area contributed by atoms with Crippen LogP contribution in [0, 0.1) is 5.82 Å². The Hall–Kier alpha value is -3.48. The van der Waals surface area contributed by atoms with Crippen LogP contribution in [0.2, 0.25) is 0 Å². The van der Waals surface area contributed by atoms with E-state index in [2.05, 4.69) is 20.8 Å². The Morgan fingerprint density at radius 3 is 2.61 bits per heavy atom. The molecule has 7 heteroatoms. The van der Waals surface area contributed by atoms with Crippen molar-refractivity contribution >= 4 is 11.8 Å². The van der Waals surface area contributed by atoms with Gasteiger partial charge < -0.3 is 10.6 Å². The van der Waals surface area contributed by atoms with Gasteiger partial charge in [-0.1, -0.05) is 30.3 Å². The molecule has 2 heterocycles. The minimum Gasteiger partial charge on any atom is -0.352 e. The molecular formula is C24H25FN4O2. The first-order valence-electron chi connectivity index (χ1n) is 10.4. The van der Waals surface area contributed by atoms with E-state index in [1.54, 1.807) is 18.3 Å². The number of benzene rings is 2. The Morgan fingerprint density at radius 1 is 1.13 bits per heavy atom. The van der Waals surface area contributed by atoms with Gasteiger partial charge in [0.1, 0.15) is 5.82 Å². The Balaban J connectivity index is 1.35. The fraction of sp³-hybridized carbons (Fsp3) is 0.292. The second-order valence-corrected chi connectivity index (χ2v) is 8.04. The van der Waals surface area contributed by atoms with Crippen LogP contribution < -0.4 is 10.6 Å². The fourth-order valence-corrected chi connectivity index (χ4v) is 4.12. The molecule has 4 rings (SSSR count). The average molecular weight is 420 g/mol. The van der Waals surface area contributed by atoms with Crippen molar-refractivity contribution in [3.05, 3.63) is 77.7 Å². The molecule has 6 nitrogen and oxygen atoms in total. The van der Waals surface area contributed by atoms with E-state index < -0.39 is 0 Å². The van der Waals surface area contributed by atoms with Gasteiger partial charge in [0.25, 0.3) is 0 Å². The average Bonchev–Trinajstić information content (AvgIpc) is 3.39. The summed E-state index contributed by atoms with van der Waals surface area (Å²) < 4.78 is 13.2. The van der Waals surface area contributed by atoms with Gasteiger partial charge in [-0.3, -0.25) is 14.7 Å². The van der Waals surface area contributed by atoms with Crippen molar-refractivity contribution in [3.8, 4) is 11.3 Å². The third-order valence-electron chi connectivity index (χ3n) is 5.78. The number of rotatable bonds is 8. The molecule has 0 unspecified atom stereocenters. The lowest BCUT2D eigenvalue weighted by Crippen LogP contribution is -2.44. The molecule has 1 saturated heterocycles. The maximum absolute atomic E-state index is 13.2. The first-order chi connectivity index (χ1) is 15.0. The van der Waals surface area contributed by atoms with Crippen molar-refractivity contribution in [2.24, 2.45) is 0 Å². The summed E-state index contributed by atoms with van der Waals surface area (Å²) in [5.41, 5.74) is 3.15. The summed E-state index contributed by atoms with van der Waals surface area (Å²) in [7, 11) is 0. The molecule has 2 aromatic carbocycles. The van der Waals surface area contributed by atoms with E-state index in [1.807, 2.05) is 30.3 Å². The number of carbonyl (C=O) groups excluding carboxylic acids is 2. The number of nitrogens with one attached hydrogen (secondary N) is 3. The molecule has 0 spiro atoms. The topological polar surface area (TPSA) is 86.9 Å². The van der Waals surface area contributed by atoms with Gasteiger partial charge in [-0.05, 0) is 49.1 Å². The molecule has 0 aliphatic carbocycles. The van der Waals surface area contributed by atoms with Crippen molar-refractivity contribution in [1.82, 2.24) is 20.8 Å². The van der Waals surface area contributed by atoms with Crippen molar-refractivity contribution in [1.29, 1.82) is 0 Å². The third-order valence-corrected chi connectivity index (χ3v) is 5.78. The first kappa shape index (κ1) is 20.8. The molecular weight excluding hydrogens is 395 g/mol. The van der Waals surface area contributed by atoms with Crippen LogP contribution in [-0.4, -0.2) is 27.6 Å². The molecule has 31 heavy (non-hydrogen) atoms. The number of hydrogen-bond acceptors (Lipinski definition) is 3. The zero-order chi connectivity index (χ0) is 21.7. The largest absolute Gasteiger partial charge is 0.352 e. The lowest BCUT2D eigenvalue weighted by molar-refractivity contribution is -0.122. The van der Waals surface area contributed by atoms with Crippen molar-refractivity contribution in [3.63, 3.8) is 0 Å². The van der Waals surface area contributed by atoms with Crippen LogP contribution in [0.5, 0.6) is 0 Å². The SMILES string of the molecule is O=C(CC[C@@]1(Cc2ccccc2)CCC(=O)N1)NCc1cn[nH]c1-c1ccc(F)cc1. The number of hydrogen-bond donors (Lipinski definition) is 3. The lowest BCUT2D eigenvalue weighted by atomic mass is 9.85. The normalized spacial score (nSPS) is 18.0. The first-order valence-corrected chi connectivity index (χ1v) is 10.4. The molecule has 3 aromatic rings. The van der Waals surface area contributed by atoms with Gasteiger partial charge >= 0.3 is 0 Å². The second kappa shape index (κ2) is 9.12. The quantitative estimate of drug-likeness (QED) is 0.521. The maximum atomic E-state index is 13.2. The molecule has 160 valence electrons. The van der Waals surface area contributed by atoms with E-state index in [-0.39, 0.29) is 23.2 Å². The van der Waals surface area contributed by atoms with Gasteiger partial charge in [-0.25, -0.2) is 4.39 Å². The highest BCUT2D eigenvalue weighted by molar-refractivity contribution is 5.80. The molecule has 1 atom stereocenters. The smallest absolute Gasteiger partial charge is 0.220 e. The maximum Gasteiger partial charge on any atom is 0.220 e. The molecule has 0 bridgehead atoms. The third kappa shape index (κ3) is 5.17. The van der Waals surface area contributed by atoms with Crippen molar-refractivity contribution < 1.29 is 14.0 Å². The number of aromatic amines is 1. The van der Waals surface area contributed by atoms with E-state index in [4.69, 9.17) is 0 Å². The van der Waals surface area contributed by atoms with E-state index in [0.29, 0.717) is 32.2 Å². The van der Waals surface area contributed by atoms with Crippen LogP contribution in [0.15, 0.2) is 60.8 Å². The highest BCUT2D eigenvalue weighted by Crippen LogP contribution is 2.29. The molecule has 1 fully saturated rings. The van der Waals surface area contributed by atoms with Crippen LogP contribution >= 0.6 is 0 Å². The number of nitrogens with zero attached hydrogens (tertiary/aromatic N) is 1. The molecule has 3 N–H and O–H groups in total. The Labute approximate surface area is 180 Å². The molecule has 0 radical (unpaired) electrons. The van der Waals surface area contributed by atoms with Crippen LogP contribution in [0.4, 0.5) is 4.39 Å². The zero-order valence-electron chi connectivity index (χ0n) is 17.2. The van der Waals surface area contributed by atoms with Crippen molar-refractivity contribution in [2.45, 2.75) is 44.2 Å². The van der Waals surface area contributed by atoms with Gasteiger partial charge in [0.05, 0.1) is 11.9 Å². The minimum atomic E-state index is -0.384. The van der Waals surface area contributed by atoms with Gasteiger partial charge in [-0.2, -0.15) is 5.10 Å². The Morgan fingerprint density at radius 2 is 1.90 bits per heavy atom. The van der Waals surface area contributed by atoms with E-state index in [1.165, 1.54) is 12.1 Å². The van der Waals surface area contributed by atoms with Crippen LogP contribution in [0.1, 0.15) is 36.8 Å². The summed E-state index contributed by atoms with van der Waals surface area (Å²) in [4.78, 5) is 24.5. The molecule has 1 aliphatic heterocycles. The number of halogens is 1. The highest BCUT2D eigenvalue weighted by atomic mass is 19.1.